The number of sulfonamides is 1. The number of carbonyl (C=O) groups excluding carboxylic acids is 1. The first-order valence-corrected chi connectivity index (χ1v) is 12.3. The zero-order chi connectivity index (χ0) is 24.5. The van der Waals surface area contributed by atoms with Gasteiger partial charge < -0.3 is 19.4 Å². The van der Waals surface area contributed by atoms with Crippen molar-refractivity contribution < 1.29 is 22.7 Å². The molecule has 0 aliphatic heterocycles. The summed E-state index contributed by atoms with van der Waals surface area (Å²) in [6.07, 6.45) is 0. The number of nitrogens with one attached hydrogen (secondary N) is 2. The van der Waals surface area contributed by atoms with Crippen LogP contribution in [0.2, 0.25) is 0 Å². The maximum absolute atomic E-state index is 12.8. The fourth-order valence-corrected chi connectivity index (χ4v) is 5.28. The van der Waals surface area contributed by atoms with Gasteiger partial charge in [-0.1, -0.05) is 18.2 Å². The van der Waals surface area contributed by atoms with Crippen molar-refractivity contribution in [3.05, 3.63) is 60.7 Å². The number of hydrogen-bond acceptors (Lipinski definition) is 5. The average Bonchev–Trinajstić information content (AvgIpc) is 3.16. The van der Waals surface area contributed by atoms with E-state index in [2.05, 4.69) is 33.7 Å². The summed E-state index contributed by atoms with van der Waals surface area (Å²) in [5.74, 6) is 0.219. The second-order valence-electron chi connectivity index (χ2n) is 7.84. The zero-order valence-corrected chi connectivity index (χ0v) is 20.3. The smallest absolute Gasteiger partial charge is 0.242 e. The fraction of sp³-hybridized carbons (Fsp3) is 0.240. The number of para-hydroxylation sites is 1. The molecule has 8 nitrogen and oxygen atoms in total. The van der Waals surface area contributed by atoms with E-state index in [9.17, 15) is 13.2 Å². The fourth-order valence-electron chi connectivity index (χ4n) is 4.06. The maximum Gasteiger partial charge on any atom is 0.242 e. The van der Waals surface area contributed by atoms with E-state index < -0.39 is 22.0 Å². The highest BCUT2D eigenvalue weighted by Crippen LogP contribution is 2.31. The van der Waals surface area contributed by atoms with Crippen LogP contribution in [0.15, 0.2) is 65.6 Å². The quantitative estimate of drug-likeness (QED) is 0.394. The van der Waals surface area contributed by atoms with Gasteiger partial charge in [0.2, 0.25) is 15.9 Å². The van der Waals surface area contributed by atoms with E-state index >= 15 is 0 Å². The number of hydrogen-bond donors (Lipinski definition) is 2. The Morgan fingerprint density at radius 1 is 0.941 bits per heavy atom. The lowest BCUT2D eigenvalue weighted by Crippen LogP contribution is -2.41. The van der Waals surface area contributed by atoms with Gasteiger partial charge in [0.25, 0.3) is 0 Å². The zero-order valence-electron chi connectivity index (χ0n) is 19.5. The van der Waals surface area contributed by atoms with Crippen molar-refractivity contribution in [3.8, 4) is 11.5 Å². The number of nitrogens with zero attached hydrogens (tertiary/aromatic N) is 1. The number of rotatable bonds is 8. The van der Waals surface area contributed by atoms with Gasteiger partial charge in [0, 0.05) is 40.1 Å². The molecule has 1 amide bonds. The van der Waals surface area contributed by atoms with Crippen LogP contribution in [0.5, 0.6) is 11.5 Å². The summed E-state index contributed by atoms with van der Waals surface area (Å²) in [4.78, 5) is 12.8. The topological polar surface area (TPSA) is 98.7 Å². The van der Waals surface area contributed by atoms with E-state index in [4.69, 9.17) is 9.47 Å². The molecule has 0 bridgehead atoms. The molecular formula is C25H27N3O5S. The lowest BCUT2D eigenvalue weighted by atomic mass is 10.1. The van der Waals surface area contributed by atoms with Crippen LogP contribution in [0.25, 0.3) is 21.8 Å². The van der Waals surface area contributed by atoms with Crippen LogP contribution in [0.1, 0.15) is 13.8 Å². The van der Waals surface area contributed by atoms with Crippen LogP contribution in [-0.2, 0) is 21.4 Å². The molecule has 0 saturated heterocycles. The van der Waals surface area contributed by atoms with E-state index in [1.165, 1.54) is 39.3 Å². The molecule has 0 radical (unpaired) electrons. The Balaban J connectivity index is 1.55. The first kappa shape index (κ1) is 23.6. The van der Waals surface area contributed by atoms with Gasteiger partial charge in [-0.2, -0.15) is 4.72 Å². The molecule has 0 fully saturated rings. The number of aromatic nitrogens is 1. The third kappa shape index (κ3) is 4.32. The molecule has 0 aliphatic rings. The van der Waals surface area contributed by atoms with Crippen LogP contribution in [0, 0.1) is 0 Å². The van der Waals surface area contributed by atoms with Crippen molar-refractivity contribution in [3.63, 3.8) is 0 Å². The molecule has 1 heterocycles. The molecule has 1 aromatic heterocycles. The van der Waals surface area contributed by atoms with E-state index in [-0.39, 0.29) is 10.6 Å². The normalized spacial score (nSPS) is 12.6. The second kappa shape index (κ2) is 9.36. The van der Waals surface area contributed by atoms with Crippen LogP contribution in [0.4, 0.5) is 5.69 Å². The largest absolute Gasteiger partial charge is 0.493 e. The Bertz CT molecular complexity index is 1480. The Kier molecular flexibility index (Phi) is 6.49. The second-order valence-corrected chi connectivity index (χ2v) is 9.56. The molecular weight excluding hydrogens is 454 g/mol. The summed E-state index contributed by atoms with van der Waals surface area (Å²) in [7, 11) is -1.08. The minimum Gasteiger partial charge on any atom is -0.493 e. The molecule has 0 aliphatic carbocycles. The van der Waals surface area contributed by atoms with Gasteiger partial charge >= 0.3 is 0 Å². The first-order chi connectivity index (χ1) is 16.3. The number of aryl methyl sites for hydroxylation is 1. The molecule has 1 atom stereocenters. The Morgan fingerprint density at radius 2 is 1.65 bits per heavy atom. The molecule has 0 unspecified atom stereocenters. The van der Waals surface area contributed by atoms with Gasteiger partial charge in [-0.3, -0.25) is 4.79 Å². The van der Waals surface area contributed by atoms with Gasteiger partial charge in [0.1, 0.15) is 0 Å². The molecule has 2 N–H and O–H groups in total. The van der Waals surface area contributed by atoms with Crippen molar-refractivity contribution in [2.45, 2.75) is 31.3 Å². The van der Waals surface area contributed by atoms with Crippen LogP contribution in [-0.4, -0.2) is 39.2 Å². The summed E-state index contributed by atoms with van der Waals surface area (Å²) in [6, 6.07) is 17.0. The van der Waals surface area contributed by atoms with E-state index in [1.54, 1.807) is 0 Å². The number of ether oxygens (including phenoxy) is 2. The number of fused-ring (bicyclic) bond motifs is 3. The Morgan fingerprint density at radius 3 is 2.35 bits per heavy atom. The number of carbonyl (C=O) groups is 1. The Labute approximate surface area is 198 Å². The van der Waals surface area contributed by atoms with E-state index in [0.29, 0.717) is 11.4 Å². The van der Waals surface area contributed by atoms with Gasteiger partial charge in [-0.15, -0.1) is 0 Å². The van der Waals surface area contributed by atoms with Crippen LogP contribution in [0.3, 0.4) is 0 Å². The SMILES string of the molecule is CCn1c2ccccc2c2cc(NC(=O)[C@H](C)NS(=O)(=O)c3ccc(OC)c(OC)c3)ccc21. The van der Waals surface area contributed by atoms with Gasteiger partial charge in [-0.05, 0) is 50.2 Å². The molecule has 178 valence electrons. The minimum absolute atomic E-state index is 0.0291. The molecule has 4 aromatic rings. The van der Waals surface area contributed by atoms with Gasteiger partial charge in [0.05, 0.1) is 25.2 Å². The highest BCUT2D eigenvalue weighted by atomic mass is 32.2. The van der Waals surface area contributed by atoms with Gasteiger partial charge in [0.15, 0.2) is 11.5 Å². The summed E-state index contributed by atoms with van der Waals surface area (Å²) < 4.78 is 40.6. The maximum atomic E-state index is 12.8. The third-order valence-electron chi connectivity index (χ3n) is 5.75. The number of amides is 1. The van der Waals surface area contributed by atoms with Crippen LogP contribution >= 0.6 is 0 Å². The summed E-state index contributed by atoms with van der Waals surface area (Å²) in [5, 5.41) is 4.94. The molecule has 4 rings (SSSR count). The predicted octanol–water partition coefficient (Wildman–Crippen LogP) is 4.14. The van der Waals surface area contributed by atoms with Crippen molar-refractivity contribution >= 4 is 43.4 Å². The lowest BCUT2D eigenvalue weighted by Gasteiger charge is -2.16. The summed E-state index contributed by atoms with van der Waals surface area (Å²) in [5.41, 5.74) is 2.79. The Hall–Kier alpha value is -3.56. The summed E-state index contributed by atoms with van der Waals surface area (Å²) >= 11 is 0. The van der Waals surface area contributed by atoms with Gasteiger partial charge in [-0.25, -0.2) is 8.42 Å². The first-order valence-electron chi connectivity index (χ1n) is 10.8. The highest BCUT2D eigenvalue weighted by Gasteiger charge is 2.24. The molecule has 0 saturated carbocycles. The summed E-state index contributed by atoms with van der Waals surface area (Å²) in [6.45, 7) is 4.41. The molecule has 9 heteroatoms. The standard InChI is InChI=1S/C25H27N3O5S/c1-5-28-21-9-7-6-8-19(21)20-14-17(10-12-22(20)28)26-25(29)16(2)27-34(30,31)18-11-13-23(32-3)24(15-18)33-4/h6-16,27H,5H2,1-4H3,(H,26,29)/t16-/m0/s1. The molecule has 34 heavy (non-hydrogen) atoms. The monoisotopic (exact) mass is 481 g/mol. The van der Waals surface area contributed by atoms with E-state index in [1.807, 2.05) is 30.3 Å². The predicted molar refractivity (Wildman–Crippen MR) is 133 cm³/mol. The average molecular weight is 482 g/mol. The lowest BCUT2D eigenvalue weighted by molar-refractivity contribution is -0.117. The number of methoxy groups -OCH3 is 2. The highest BCUT2D eigenvalue weighted by molar-refractivity contribution is 7.89. The molecule has 3 aromatic carbocycles. The van der Waals surface area contributed by atoms with Crippen molar-refractivity contribution in [1.29, 1.82) is 0 Å². The van der Waals surface area contributed by atoms with Crippen molar-refractivity contribution in [1.82, 2.24) is 9.29 Å². The number of benzene rings is 3. The van der Waals surface area contributed by atoms with E-state index in [0.717, 1.165) is 28.4 Å². The number of anilines is 1. The van der Waals surface area contributed by atoms with Crippen LogP contribution < -0.4 is 19.5 Å². The third-order valence-corrected chi connectivity index (χ3v) is 7.29. The van der Waals surface area contributed by atoms with Crippen molar-refractivity contribution in [2.24, 2.45) is 0 Å². The molecule has 0 spiro atoms. The van der Waals surface area contributed by atoms with Crippen molar-refractivity contribution in [2.75, 3.05) is 19.5 Å². The minimum atomic E-state index is -3.97.